The first-order chi connectivity index (χ1) is 12.7. The van der Waals surface area contributed by atoms with Crippen molar-refractivity contribution in [1.29, 1.82) is 0 Å². The van der Waals surface area contributed by atoms with Crippen LogP contribution in [0.5, 0.6) is 0 Å². The molecule has 138 valence electrons. The van der Waals surface area contributed by atoms with Crippen LogP contribution in [0, 0.1) is 0 Å². The monoisotopic (exact) mass is 353 g/mol. The summed E-state index contributed by atoms with van der Waals surface area (Å²) in [4.78, 5) is 22.9. The molecule has 0 radical (unpaired) electrons. The molecular weight excluding hydrogens is 326 g/mol. The van der Waals surface area contributed by atoms with Gasteiger partial charge in [-0.15, -0.1) is 0 Å². The zero-order chi connectivity index (χ0) is 18.2. The van der Waals surface area contributed by atoms with E-state index in [0.717, 1.165) is 38.3 Å². The number of rotatable bonds is 6. The van der Waals surface area contributed by atoms with Gasteiger partial charge in [-0.2, -0.15) is 0 Å². The molecular formula is C20H27N5O. The second kappa shape index (κ2) is 9.17. The molecule has 2 amide bonds. The molecule has 1 aliphatic rings. The van der Waals surface area contributed by atoms with Crippen molar-refractivity contribution in [3.05, 3.63) is 54.4 Å². The van der Waals surface area contributed by atoms with Gasteiger partial charge in [0, 0.05) is 38.1 Å². The molecule has 0 spiro atoms. The number of carbonyl (C=O) groups excluding carboxylic acids is 1. The van der Waals surface area contributed by atoms with E-state index in [1.807, 2.05) is 12.1 Å². The van der Waals surface area contributed by atoms with E-state index in [0.29, 0.717) is 12.5 Å². The molecule has 2 aromatic rings. The number of piperidine rings is 1. The number of urea groups is 1. The summed E-state index contributed by atoms with van der Waals surface area (Å²) in [5.41, 5.74) is 1.31. The third-order valence-electron chi connectivity index (χ3n) is 4.90. The largest absolute Gasteiger partial charge is 0.341 e. The summed E-state index contributed by atoms with van der Waals surface area (Å²) in [5, 5.41) is 6.07. The third kappa shape index (κ3) is 5.18. The normalized spacial score (nSPS) is 16.1. The number of nitrogens with zero attached hydrogens (tertiary/aromatic N) is 3. The van der Waals surface area contributed by atoms with Crippen molar-refractivity contribution >= 4 is 12.0 Å². The van der Waals surface area contributed by atoms with Gasteiger partial charge in [0.2, 0.25) is 5.95 Å². The molecule has 6 heteroatoms. The first kappa shape index (κ1) is 18.2. The van der Waals surface area contributed by atoms with Crippen molar-refractivity contribution in [3.8, 4) is 0 Å². The summed E-state index contributed by atoms with van der Waals surface area (Å²) in [6.07, 6.45) is 6.27. The zero-order valence-electron chi connectivity index (χ0n) is 15.3. The number of nitrogens with one attached hydrogen (secondary N) is 2. The second-order valence-electron chi connectivity index (χ2n) is 6.81. The summed E-state index contributed by atoms with van der Waals surface area (Å²) in [6, 6.07) is 12.4. The maximum Gasteiger partial charge on any atom is 0.315 e. The van der Waals surface area contributed by atoms with Crippen LogP contribution >= 0.6 is 0 Å². The van der Waals surface area contributed by atoms with Gasteiger partial charge in [0.25, 0.3) is 0 Å². The molecule has 6 nitrogen and oxygen atoms in total. The number of aromatic nitrogens is 2. The Bertz CT molecular complexity index is 671. The predicted molar refractivity (Wildman–Crippen MR) is 103 cm³/mol. The lowest BCUT2D eigenvalue weighted by Crippen LogP contribution is -2.48. The van der Waals surface area contributed by atoms with E-state index in [4.69, 9.17) is 0 Å². The zero-order valence-corrected chi connectivity index (χ0v) is 15.3. The molecule has 26 heavy (non-hydrogen) atoms. The van der Waals surface area contributed by atoms with Crippen LogP contribution in [-0.2, 0) is 0 Å². The van der Waals surface area contributed by atoms with E-state index in [9.17, 15) is 4.79 Å². The fraction of sp³-hybridized carbons (Fsp3) is 0.450. The Morgan fingerprint density at radius 1 is 1.15 bits per heavy atom. The average molecular weight is 353 g/mol. The minimum Gasteiger partial charge on any atom is -0.341 e. The van der Waals surface area contributed by atoms with E-state index in [2.05, 4.69) is 56.7 Å². The summed E-state index contributed by atoms with van der Waals surface area (Å²) < 4.78 is 0. The molecule has 1 saturated heterocycles. The van der Waals surface area contributed by atoms with Gasteiger partial charge in [-0.3, -0.25) is 0 Å². The Morgan fingerprint density at radius 3 is 2.54 bits per heavy atom. The minimum absolute atomic E-state index is 0.0697. The van der Waals surface area contributed by atoms with E-state index in [1.165, 1.54) is 5.56 Å². The minimum atomic E-state index is -0.0697. The van der Waals surface area contributed by atoms with Gasteiger partial charge in [0.15, 0.2) is 0 Å². The predicted octanol–water partition coefficient (Wildman–Crippen LogP) is 2.94. The SMILES string of the molecule is C[C@@H](CCNC(=O)NC1CCN(c2ncccn2)CC1)c1ccccc1. The molecule has 1 atom stereocenters. The molecule has 0 bridgehead atoms. The highest BCUT2D eigenvalue weighted by Gasteiger charge is 2.21. The van der Waals surface area contributed by atoms with Crippen molar-refractivity contribution in [1.82, 2.24) is 20.6 Å². The van der Waals surface area contributed by atoms with Gasteiger partial charge < -0.3 is 15.5 Å². The van der Waals surface area contributed by atoms with Gasteiger partial charge in [-0.05, 0) is 36.8 Å². The van der Waals surface area contributed by atoms with Gasteiger partial charge in [0.1, 0.15) is 0 Å². The lowest BCUT2D eigenvalue weighted by atomic mass is 9.98. The molecule has 1 fully saturated rings. The van der Waals surface area contributed by atoms with E-state index >= 15 is 0 Å². The maximum absolute atomic E-state index is 12.1. The van der Waals surface area contributed by atoms with Gasteiger partial charge >= 0.3 is 6.03 Å². The third-order valence-corrected chi connectivity index (χ3v) is 4.90. The van der Waals surface area contributed by atoms with Gasteiger partial charge in [-0.25, -0.2) is 14.8 Å². The van der Waals surface area contributed by atoms with Crippen LogP contribution in [0.3, 0.4) is 0 Å². The van der Waals surface area contributed by atoms with Crippen LogP contribution in [-0.4, -0.2) is 41.7 Å². The van der Waals surface area contributed by atoms with Crippen molar-refractivity contribution in [2.45, 2.75) is 38.1 Å². The van der Waals surface area contributed by atoms with Gasteiger partial charge in [0.05, 0.1) is 0 Å². The summed E-state index contributed by atoms with van der Waals surface area (Å²) in [5.74, 6) is 1.20. The topological polar surface area (TPSA) is 70.2 Å². The summed E-state index contributed by atoms with van der Waals surface area (Å²) in [7, 11) is 0. The lowest BCUT2D eigenvalue weighted by Gasteiger charge is -2.32. The van der Waals surface area contributed by atoms with Crippen molar-refractivity contribution in [3.63, 3.8) is 0 Å². The molecule has 0 unspecified atom stereocenters. The van der Waals surface area contributed by atoms with Crippen LogP contribution in [0.15, 0.2) is 48.8 Å². The van der Waals surface area contributed by atoms with Crippen molar-refractivity contribution in [2.75, 3.05) is 24.5 Å². The molecule has 3 rings (SSSR count). The molecule has 0 saturated carbocycles. The number of hydrogen-bond donors (Lipinski definition) is 2. The van der Waals surface area contributed by atoms with Crippen LogP contribution < -0.4 is 15.5 Å². The fourth-order valence-electron chi connectivity index (χ4n) is 3.27. The number of amides is 2. The Kier molecular flexibility index (Phi) is 6.41. The maximum atomic E-state index is 12.1. The van der Waals surface area contributed by atoms with Crippen LogP contribution in [0.25, 0.3) is 0 Å². The number of benzene rings is 1. The first-order valence-corrected chi connectivity index (χ1v) is 9.33. The standard InChI is InChI=1S/C20H27N5O/c1-16(17-6-3-2-4-7-17)8-13-23-20(26)24-18-9-14-25(15-10-18)19-21-11-5-12-22-19/h2-7,11-12,16,18H,8-10,13-15H2,1H3,(H2,23,24,26)/t16-/m0/s1. The van der Waals surface area contributed by atoms with E-state index < -0.39 is 0 Å². The van der Waals surface area contributed by atoms with Crippen LogP contribution in [0.4, 0.5) is 10.7 Å². The molecule has 1 aromatic heterocycles. The highest BCUT2D eigenvalue weighted by atomic mass is 16.2. The van der Waals surface area contributed by atoms with Crippen LogP contribution in [0.2, 0.25) is 0 Å². The smallest absolute Gasteiger partial charge is 0.315 e. The van der Waals surface area contributed by atoms with Gasteiger partial charge in [-0.1, -0.05) is 37.3 Å². The fourth-order valence-corrected chi connectivity index (χ4v) is 3.27. The van der Waals surface area contributed by atoms with Crippen molar-refractivity contribution < 1.29 is 4.79 Å². The summed E-state index contributed by atoms with van der Waals surface area (Å²) >= 11 is 0. The van der Waals surface area contributed by atoms with Crippen LogP contribution in [0.1, 0.15) is 37.7 Å². The second-order valence-corrected chi connectivity index (χ2v) is 6.81. The average Bonchev–Trinajstić information content (AvgIpc) is 2.70. The quantitative estimate of drug-likeness (QED) is 0.838. The number of anilines is 1. The number of carbonyl (C=O) groups is 1. The molecule has 1 aliphatic heterocycles. The molecule has 2 N–H and O–H groups in total. The van der Waals surface area contributed by atoms with E-state index in [-0.39, 0.29) is 12.1 Å². The highest BCUT2D eigenvalue weighted by Crippen LogP contribution is 2.18. The first-order valence-electron chi connectivity index (χ1n) is 9.33. The summed E-state index contributed by atoms with van der Waals surface area (Å²) in [6.45, 7) is 4.59. The van der Waals surface area contributed by atoms with E-state index in [1.54, 1.807) is 12.4 Å². The van der Waals surface area contributed by atoms with Crippen molar-refractivity contribution in [2.24, 2.45) is 0 Å². The Morgan fingerprint density at radius 2 is 1.85 bits per heavy atom. The molecule has 0 aliphatic carbocycles. The molecule has 2 heterocycles. The Labute approximate surface area is 155 Å². The molecule has 1 aromatic carbocycles. The number of hydrogen-bond acceptors (Lipinski definition) is 4. The Hall–Kier alpha value is -2.63. The highest BCUT2D eigenvalue weighted by molar-refractivity contribution is 5.74. The lowest BCUT2D eigenvalue weighted by molar-refractivity contribution is 0.234. The Balaban J connectivity index is 1.34.